The van der Waals surface area contributed by atoms with Crippen LogP contribution in [0, 0.1) is 0 Å². The van der Waals surface area contributed by atoms with E-state index in [4.69, 9.17) is 9.52 Å². The van der Waals surface area contributed by atoms with Gasteiger partial charge in [0.15, 0.2) is 5.58 Å². The molecule has 0 aliphatic rings. The van der Waals surface area contributed by atoms with E-state index < -0.39 is 6.10 Å². The summed E-state index contributed by atoms with van der Waals surface area (Å²) < 4.78 is 5.08. The van der Waals surface area contributed by atoms with Crippen molar-refractivity contribution < 1.29 is 14.6 Å². The highest BCUT2D eigenvalue weighted by Gasteiger charge is 2.08. The Bertz CT molecular complexity index is 410. The molecule has 2 N–H and O–H groups in total. The normalized spacial score (nSPS) is 13.4. The van der Waals surface area contributed by atoms with Crippen molar-refractivity contribution in [3.8, 4) is 0 Å². The number of hydrogen-bond acceptors (Lipinski definition) is 4. The smallest absolute Gasteiger partial charge is 0.152 e. The zero-order chi connectivity index (χ0) is 9.26. The molecule has 0 radical (unpaired) electrons. The van der Waals surface area contributed by atoms with E-state index in [0.717, 1.165) is 5.39 Å². The molecule has 2 rings (SSSR count). The maximum atomic E-state index is 9.28. The molecule has 68 valence electrons. The van der Waals surface area contributed by atoms with Gasteiger partial charge in [-0.3, -0.25) is 4.98 Å². The first kappa shape index (κ1) is 8.22. The monoisotopic (exact) mass is 179 g/mol. The van der Waals surface area contributed by atoms with Crippen LogP contribution in [0.25, 0.3) is 11.0 Å². The summed E-state index contributed by atoms with van der Waals surface area (Å²) >= 11 is 0. The minimum atomic E-state index is -0.917. The summed E-state index contributed by atoms with van der Waals surface area (Å²) in [5.41, 5.74) is 1.13. The van der Waals surface area contributed by atoms with Crippen LogP contribution in [0.3, 0.4) is 0 Å². The van der Waals surface area contributed by atoms with Crippen molar-refractivity contribution in [1.82, 2.24) is 4.98 Å². The van der Waals surface area contributed by atoms with Gasteiger partial charge < -0.3 is 14.6 Å². The van der Waals surface area contributed by atoms with Crippen LogP contribution in [0.4, 0.5) is 0 Å². The van der Waals surface area contributed by atoms with Gasteiger partial charge in [-0.15, -0.1) is 0 Å². The number of aliphatic hydroxyl groups excluding tert-OH is 2. The van der Waals surface area contributed by atoms with E-state index >= 15 is 0 Å². The minimum Gasteiger partial charge on any atom is -0.463 e. The van der Waals surface area contributed by atoms with Crippen molar-refractivity contribution >= 4 is 11.0 Å². The quantitative estimate of drug-likeness (QED) is 0.717. The molecule has 0 saturated heterocycles. The summed E-state index contributed by atoms with van der Waals surface area (Å²) in [7, 11) is 0. The van der Waals surface area contributed by atoms with Gasteiger partial charge in [0.05, 0.1) is 24.8 Å². The van der Waals surface area contributed by atoms with Gasteiger partial charge in [-0.25, -0.2) is 0 Å². The first-order valence-corrected chi connectivity index (χ1v) is 3.93. The summed E-state index contributed by atoms with van der Waals surface area (Å²) in [5, 5.41) is 18.9. The molecule has 1 unspecified atom stereocenters. The van der Waals surface area contributed by atoms with Gasteiger partial charge in [0.25, 0.3) is 0 Å². The summed E-state index contributed by atoms with van der Waals surface area (Å²) in [6.45, 7) is -0.323. The van der Waals surface area contributed by atoms with Crippen molar-refractivity contribution in [1.29, 1.82) is 0 Å². The van der Waals surface area contributed by atoms with Crippen molar-refractivity contribution in [2.24, 2.45) is 0 Å². The Morgan fingerprint density at radius 1 is 1.54 bits per heavy atom. The van der Waals surface area contributed by atoms with Gasteiger partial charge in [-0.2, -0.15) is 0 Å². The van der Waals surface area contributed by atoms with Crippen molar-refractivity contribution in [2.45, 2.75) is 6.10 Å². The van der Waals surface area contributed by atoms with Crippen molar-refractivity contribution in [3.05, 3.63) is 30.3 Å². The third-order valence-corrected chi connectivity index (χ3v) is 1.88. The Kier molecular flexibility index (Phi) is 2.00. The lowest BCUT2D eigenvalue weighted by molar-refractivity contribution is 0.0924. The van der Waals surface area contributed by atoms with Crippen LogP contribution in [0.5, 0.6) is 0 Å². The predicted octanol–water partition coefficient (Wildman–Crippen LogP) is 0.853. The maximum Gasteiger partial charge on any atom is 0.152 e. The molecule has 4 nitrogen and oxygen atoms in total. The molecular weight excluding hydrogens is 170 g/mol. The molecule has 0 aromatic carbocycles. The summed E-state index contributed by atoms with van der Waals surface area (Å²) in [4.78, 5) is 3.95. The van der Waals surface area contributed by atoms with Crippen LogP contribution in [0.15, 0.2) is 29.0 Å². The Hall–Kier alpha value is -1.39. The Morgan fingerprint density at radius 3 is 3.15 bits per heavy atom. The standard InChI is InChI=1S/C9H9NO3/c11-5-8(12)7-3-6-1-2-13-9(6)4-10-7/h1-4,8,11-12H,5H2. The average molecular weight is 179 g/mol. The SMILES string of the molecule is OCC(O)c1cc2ccoc2cn1. The van der Waals surface area contributed by atoms with Gasteiger partial charge in [-0.1, -0.05) is 0 Å². The van der Waals surface area contributed by atoms with Crippen LogP contribution in [0.2, 0.25) is 0 Å². The minimum absolute atomic E-state index is 0.323. The van der Waals surface area contributed by atoms with E-state index in [0.29, 0.717) is 11.3 Å². The zero-order valence-electron chi connectivity index (χ0n) is 6.84. The van der Waals surface area contributed by atoms with Gasteiger partial charge in [0.1, 0.15) is 6.10 Å². The summed E-state index contributed by atoms with van der Waals surface area (Å²) in [5.74, 6) is 0. The van der Waals surface area contributed by atoms with Gasteiger partial charge in [0, 0.05) is 5.39 Å². The number of pyridine rings is 1. The average Bonchev–Trinajstić information content (AvgIpc) is 2.63. The molecule has 0 spiro atoms. The second kappa shape index (κ2) is 3.16. The number of hydrogen-bond donors (Lipinski definition) is 2. The first-order chi connectivity index (χ1) is 6.31. The summed E-state index contributed by atoms with van der Waals surface area (Å²) in [6.07, 6.45) is 2.17. The van der Waals surface area contributed by atoms with Crippen molar-refractivity contribution in [2.75, 3.05) is 6.61 Å². The van der Waals surface area contributed by atoms with Gasteiger partial charge in [0.2, 0.25) is 0 Å². The molecule has 0 amide bonds. The van der Waals surface area contributed by atoms with Crippen molar-refractivity contribution in [3.63, 3.8) is 0 Å². The van der Waals surface area contributed by atoms with Crippen LogP contribution in [0.1, 0.15) is 11.8 Å². The third kappa shape index (κ3) is 1.41. The van der Waals surface area contributed by atoms with E-state index in [1.807, 2.05) is 0 Å². The van der Waals surface area contributed by atoms with Crippen LogP contribution in [-0.4, -0.2) is 21.8 Å². The molecule has 0 bridgehead atoms. The third-order valence-electron chi connectivity index (χ3n) is 1.88. The molecule has 4 heteroatoms. The molecular formula is C9H9NO3. The fraction of sp³-hybridized carbons (Fsp3) is 0.222. The van der Waals surface area contributed by atoms with E-state index in [1.54, 1.807) is 18.4 Å². The second-order valence-corrected chi connectivity index (χ2v) is 2.77. The molecule has 13 heavy (non-hydrogen) atoms. The molecule has 0 fully saturated rings. The number of nitrogens with zero attached hydrogens (tertiary/aromatic N) is 1. The van der Waals surface area contributed by atoms with E-state index in [-0.39, 0.29) is 6.61 Å². The molecule has 0 saturated carbocycles. The molecule has 0 aliphatic carbocycles. The Balaban J connectivity index is 2.48. The highest BCUT2D eigenvalue weighted by Crippen LogP contribution is 2.18. The maximum absolute atomic E-state index is 9.28. The lowest BCUT2D eigenvalue weighted by Gasteiger charge is -2.04. The predicted molar refractivity (Wildman–Crippen MR) is 46.1 cm³/mol. The Morgan fingerprint density at radius 2 is 2.38 bits per heavy atom. The molecule has 0 aliphatic heterocycles. The van der Waals surface area contributed by atoms with Crippen LogP contribution >= 0.6 is 0 Å². The number of fused-ring (bicyclic) bond motifs is 1. The highest BCUT2D eigenvalue weighted by molar-refractivity contribution is 5.76. The topological polar surface area (TPSA) is 66.5 Å². The summed E-state index contributed by atoms with van der Waals surface area (Å²) in [6, 6.07) is 3.48. The lowest BCUT2D eigenvalue weighted by atomic mass is 10.2. The number of furan rings is 1. The molecule has 2 aromatic heterocycles. The van der Waals surface area contributed by atoms with E-state index in [1.165, 1.54) is 6.20 Å². The lowest BCUT2D eigenvalue weighted by Crippen LogP contribution is -2.04. The van der Waals surface area contributed by atoms with Crippen LogP contribution in [-0.2, 0) is 0 Å². The Labute approximate surface area is 74.4 Å². The number of rotatable bonds is 2. The largest absolute Gasteiger partial charge is 0.463 e. The number of aliphatic hydroxyl groups is 2. The van der Waals surface area contributed by atoms with E-state index in [9.17, 15) is 5.11 Å². The van der Waals surface area contributed by atoms with E-state index in [2.05, 4.69) is 4.98 Å². The fourth-order valence-electron chi connectivity index (χ4n) is 1.16. The van der Waals surface area contributed by atoms with Gasteiger partial charge in [-0.05, 0) is 12.1 Å². The zero-order valence-corrected chi connectivity index (χ0v) is 6.84. The molecule has 1 atom stereocenters. The highest BCUT2D eigenvalue weighted by atomic mass is 16.3. The second-order valence-electron chi connectivity index (χ2n) is 2.77. The van der Waals surface area contributed by atoms with Crippen LogP contribution < -0.4 is 0 Å². The number of aromatic nitrogens is 1. The first-order valence-electron chi connectivity index (χ1n) is 3.93. The molecule has 2 heterocycles. The van der Waals surface area contributed by atoms with Gasteiger partial charge >= 0.3 is 0 Å². The fourth-order valence-corrected chi connectivity index (χ4v) is 1.16. The molecule has 2 aromatic rings.